The molecular formula is C25H21F3N2O5. The summed E-state index contributed by atoms with van der Waals surface area (Å²) in [6.45, 7) is 2.46. The second-order valence-corrected chi connectivity index (χ2v) is 7.48. The van der Waals surface area contributed by atoms with Gasteiger partial charge in [-0.25, -0.2) is 9.78 Å². The fourth-order valence-corrected chi connectivity index (χ4v) is 3.58. The minimum Gasteiger partial charge on any atom is -0.493 e. The predicted molar refractivity (Wildman–Crippen MR) is 121 cm³/mol. The minimum atomic E-state index is -4.75. The molecule has 4 aromatic rings. The first-order chi connectivity index (χ1) is 16.7. The second kappa shape index (κ2) is 9.96. The number of carboxylic acids is 1. The number of aromatic carboxylic acids is 1. The Morgan fingerprint density at radius 1 is 1.00 bits per heavy atom. The number of carbonyl (C=O) groups is 1. The van der Waals surface area contributed by atoms with Crippen molar-refractivity contribution in [1.82, 2.24) is 9.55 Å². The summed E-state index contributed by atoms with van der Waals surface area (Å²) in [6.07, 6.45) is -4.75. The number of benzene rings is 3. The van der Waals surface area contributed by atoms with Crippen molar-refractivity contribution in [2.75, 3.05) is 6.61 Å². The molecule has 0 unspecified atom stereocenters. The van der Waals surface area contributed by atoms with Gasteiger partial charge >= 0.3 is 12.3 Å². The van der Waals surface area contributed by atoms with Crippen LogP contribution in [0.2, 0.25) is 0 Å². The Balaban J connectivity index is 1.58. The first-order valence-corrected chi connectivity index (χ1v) is 10.7. The van der Waals surface area contributed by atoms with Gasteiger partial charge in [-0.3, -0.25) is 0 Å². The van der Waals surface area contributed by atoms with Crippen molar-refractivity contribution < 1.29 is 37.3 Å². The zero-order chi connectivity index (χ0) is 25.0. The Bertz CT molecular complexity index is 1330. The maximum atomic E-state index is 12.4. The van der Waals surface area contributed by atoms with Crippen molar-refractivity contribution in [2.24, 2.45) is 0 Å². The number of para-hydroxylation sites is 2. The van der Waals surface area contributed by atoms with Gasteiger partial charge in [0.25, 0.3) is 0 Å². The number of imidazole rings is 1. The summed E-state index contributed by atoms with van der Waals surface area (Å²) in [5.41, 5.74) is 2.34. The molecule has 4 rings (SSSR count). The van der Waals surface area contributed by atoms with Gasteiger partial charge in [0.15, 0.2) is 0 Å². The van der Waals surface area contributed by atoms with Gasteiger partial charge in [-0.15, -0.1) is 13.2 Å². The summed E-state index contributed by atoms with van der Waals surface area (Å²) in [6, 6.07) is 17.6. The molecule has 0 aliphatic heterocycles. The molecule has 1 N–H and O–H groups in total. The molecule has 1 heterocycles. The first-order valence-electron chi connectivity index (χ1n) is 10.7. The van der Waals surface area contributed by atoms with Crippen molar-refractivity contribution in [3.05, 3.63) is 83.7 Å². The summed E-state index contributed by atoms with van der Waals surface area (Å²) in [4.78, 5) is 16.0. The number of fused-ring (bicyclic) bond motifs is 1. The average molecular weight is 486 g/mol. The highest BCUT2D eigenvalue weighted by Crippen LogP contribution is 2.27. The van der Waals surface area contributed by atoms with Crippen molar-refractivity contribution in [2.45, 2.75) is 26.4 Å². The molecule has 0 aliphatic rings. The van der Waals surface area contributed by atoms with E-state index in [1.807, 2.05) is 28.8 Å². The summed E-state index contributed by atoms with van der Waals surface area (Å²) in [5, 5.41) is 9.32. The van der Waals surface area contributed by atoms with E-state index in [-0.39, 0.29) is 23.7 Å². The number of ether oxygens (including phenoxy) is 3. The molecule has 35 heavy (non-hydrogen) atoms. The molecule has 182 valence electrons. The Morgan fingerprint density at radius 3 is 2.40 bits per heavy atom. The van der Waals surface area contributed by atoms with Crippen molar-refractivity contribution >= 4 is 17.0 Å². The lowest BCUT2D eigenvalue weighted by Gasteiger charge is -2.13. The van der Waals surface area contributed by atoms with E-state index in [1.54, 1.807) is 25.1 Å². The molecule has 0 fully saturated rings. The highest BCUT2D eigenvalue weighted by atomic mass is 19.4. The normalized spacial score (nSPS) is 11.4. The molecule has 1 aromatic heterocycles. The summed E-state index contributed by atoms with van der Waals surface area (Å²) >= 11 is 0. The van der Waals surface area contributed by atoms with Crippen LogP contribution in [0.25, 0.3) is 11.0 Å². The highest BCUT2D eigenvalue weighted by molar-refractivity contribution is 5.91. The molecule has 0 radical (unpaired) electrons. The van der Waals surface area contributed by atoms with E-state index in [4.69, 9.17) is 9.47 Å². The van der Waals surface area contributed by atoms with Crippen LogP contribution in [0.15, 0.2) is 66.7 Å². The topological polar surface area (TPSA) is 82.8 Å². The second-order valence-electron chi connectivity index (χ2n) is 7.48. The summed E-state index contributed by atoms with van der Waals surface area (Å²) < 4.78 is 54.5. The molecular weight excluding hydrogens is 465 g/mol. The Kier molecular flexibility index (Phi) is 6.81. The minimum absolute atomic E-state index is 0.0318. The third-order valence-electron chi connectivity index (χ3n) is 5.08. The molecule has 0 saturated carbocycles. The van der Waals surface area contributed by atoms with E-state index >= 15 is 0 Å². The average Bonchev–Trinajstić information content (AvgIpc) is 3.15. The fourth-order valence-electron chi connectivity index (χ4n) is 3.58. The fraction of sp³-hybridized carbons (Fsp3) is 0.200. The third-order valence-corrected chi connectivity index (χ3v) is 5.08. The lowest BCUT2D eigenvalue weighted by atomic mass is 10.2. The zero-order valence-electron chi connectivity index (χ0n) is 18.6. The van der Waals surface area contributed by atoms with Crippen molar-refractivity contribution in [1.29, 1.82) is 0 Å². The van der Waals surface area contributed by atoms with Crippen LogP contribution in [0, 0.1) is 0 Å². The monoisotopic (exact) mass is 486 g/mol. The third kappa shape index (κ3) is 5.84. The number of rotatable bonds is 9. The van der Waals surface area contributed by atoms with Gasteiger partial charge in [-0.2, -0.15) is 0 Å². The Labute approximate surface area is 198 Å². The Hall–Kier alpha value is -4.21. The zero-order valence-corrected chi connectivity index (χ0v) is 18.6. The first kappa shape index (κ1) is 23.9. The standard InChI is InChI=1S/C25H21F3N2O5/c1-2-33-22-13-18(11-12-19(22)24(31)32)34-15-23-29-20-5-3-4-6-21(20)30(23)14-16-7-9-17(10-8-16)35-25(26,27)28/h3-13H,2,14-15H2,1H3,(H,31,32). The van der Waals surface area contributed by atoms with E-state index in [2.05, 4.69) is 9.72 Å². The summed E-state index contributed by atoms with van der Waals surface area (Å²) in [7, 11) is 0. The van der Waals surface area contributed by atoms with E-state index < -0.39 is 12.3 Å². The van der Waals surface area contributed by atoms with Crippen LogP contribution < -0.4 is 14.2 Å². The predicted octanol–water partition coefficient (Wildman–Crippen LogP) is 5.66. The van der Waals surface area contributed by atoms with Gasteiger partial charge < -0.3 is 23.9 Å². The van der Waals surface area contributed by atoms with Crippen molar-refractivity contribution in [3.63, 3.8) is 0 Å². The number of aromatic nitrogens is 2. The van der Waals surface area contributed by atoms with E-state index in [1.165, 1.54) is 24.3 Å². The molecule has 0 spiro atoms. The van der Waals surface area contributed by atoms with E-state index in [9.17, 15) is 23.1 Å². The highest BCUT2D eigenvalue weighted by Gasteiger charge is 2.31. The molecule has 0 bridgehead atoms. The maximum absolute atomic E-state index is 12.4. The van der Waals surface area contributed by atoms with Crippen molar-refractivity contribution in [3.8, 4) is 17.2 Å². The SMILES string of the molecule is CCOc1cc(OCc2nc3ccccc3n2Cc2ccc(OC(F)(F)F)cc2)ccc1C(=O)O. The molecule has 10 heteroatoms. The number of halogens is 3. The molecule has 0 aliphatic carbocycles. The van der Waals surface area contributed by atoms with Gasteiger partial charge in [0, 0.05) is 12.6 Å². The van der Waals surface area contributed by atoms with Crippen LogP contribution >= 0.6 is 0 Å². The van der Waals surface area contributed by atoms with Crippen LogP contribution in [0.5, 0.6) is 17.2 Å². The van der Waals surface area contributed by atoms with Gasteiger partial charge in [0.1, 0.15) is 35.2 Å². The van der Waals surface area contributed by atoms with Gasteiger partial charge in [-0.05, 0) is 48.9 Å². The van der Waals surface area contributed by atoms with Crippen LogP contribution in [0.1, 0.15) is 28.7 Å². The summed E-state index contributed by atoms with van der Waals surface area (Å²) in [5.74, 6) is -0.205. The lowest BCUT2D eigenvalue weighted by molar-refractivity contribution is -0.274. The lowest BCUT2D eigenvalue weighted by Crippen LogP contribution is -2.17. The molecule has 3 aromatic carbocycles. The molecule has 7 nitrogen and oxygen atoms in total. The number of hydrogen-bond acceptors (Lipinski definition) is 5. The molecule has 0 amide bonds. The van der Waals surface area contributed by atoms with Crippen LogP contribution in [0.3, 0.4) is 0 Å². The number of carboxylic acid groups (broad SMARTS) is 1. The smallest absolute Gasteiger partial charge is 0.493 e. The van der Waals surface area contributed by atoms with E-state index in [0.29, 0.717) is 24.7 Å². The van der Waals surface area contributed by atoms with Gasteiger partial charge in [0.2, 0.25) is 0 Å². The van der Waals surface area contributed by atoms with Gasteiger partial charge in [0.05, 0.1) is 17.6 Å². The van der Waals surface area contributed by atoms with E-state index in [0.717, 1.165) is 16.6 Å². The molecule has 0 saturated heterocycles. The van der Waals surface area contributed by atoms with Gasteiger partial charge in [-0.1, -0.05) is 24.3 Å². The number of nitrogens with zero attached hydrogens (tertiary/aromatic N) is 2. The number of alkyl halides is 3. The van der Waals surface area contributed by atoms with Crippen LogP contribution in [-0.4, -0.2) is 33.6 Å². The van der Waals surface area contributed by atoms with Crippen LogP contribution in [0.4, 0.5) is 13.2 Å². The quantitative estimate of drug-likeness (QED) is 0.329. The maximum Gasteiger partial charge on any atom is 0.573 e. The van der Waals surface area contributed by atoms with Crippen LogP contribution in [-0.2, 0) is 13.2 Å². The molecule has 0 atom stereocenters. The largest absolute Gasteiger partial charge is 0.573 e. The number of hydrogen-bond donors (Lipinski definition) is 1. The Morgan fingerprint density at radius 2 is 1.71 bits per heavy atom.